The van der Waals surface area contributed by atoms with Gasteiger partial charge in [-0.3, -0.25) is 10.1 Å². The third-order valence-electron chi connectivity index (χ3n) is 2.81. The average Bonchev–Trinajstić information content (AvgIpc) is 2.85. The van der Waals surface area contributed by atoms with Gasteiger partial charge in [0.2, 0.25) is 0 Å². The number of carbonyl (C=O) groups is 1. The molecule has 0 aliphatic heterocycles. The molecule has 0 radical (unpaired) electrons. The van der Waals surface area contributed by atoms with Crippen LogP contribution in [0.2, 0.25) is 0 Å². The van der Waals surface area contributed by atoms with Gasteiger partial charge < -0.3 is 10.1 Å². The number of aryl methyl sites for hydroxylation is 1. The third kappa shape index (κ3) is 2.99. The van der Waals surface area contributed by atoms with E-state index in [4.69, 9.17) is 0 Å². The highest BCUT2D eigenvalue weighted by Crippen LogP contribution is 2.12. The number of nitrogens with one attached hydrogen (secondary N) is 2. The van der Waals surface area contributed by atoms with Crippen LogP contribution in [-0.2, 0) is 11.3 Å². The zero-order chi connectivity index (χ0) is 13.0. The van der Waals surface area contributed by atoms with E-state index in [1.54, 1.807) is 18.3 Å². The summed E-state index contributed by atoms with van der Waals surface area (Å²) in [5.41, 5.74) is 2.92. The number of aromatic amines is 1. The molecule has 1 heterocycles. The number of carboxylic acid groups (broad SMARTS) is 1. The molecule has 1 atom stereocenters. The van der Waals surface area contributed by atoms with Crippen LogP contribution >= 0.6 is 0 Å². The standard InChI is InChI=1S/C14H16N2O2/c1-10-4-6-11(7-5-10)9-16-13(14(17)18)12-3-2-8-15-12/h2-8,13,15-16H,9H2,1H3,(H,17,18). The van der Waals surface area contributed by atoms with Crippen LogP contribution in [0.15, 0.2) is 42.6 Å². The minimum atomic E-state index is -0.885. The Labute approximate surface area is 106 Å². The normalized spacial score (nSPS) is 12.3. The molecule has 4 heteroatoms. The van der Waals surface area contributed by atoms with E-state index in [1.807, 2.05) is 31.2 Å². The van der Waals surface area contributed by atoms with Crippen molar-refractivity contribution >= 4 is 5.97 Å². The summed E-state index contributed by atoms with van der Waals surface area (Å²) < 4.78 is 0. The number of H-pyrrole nitrogens is 1. The Bertz CT molecular complexity index is 503. The van der Waals surface area contributed by atoms with Crippen LogP contribution in [0.1, 0.15) is 22.9 Å². The Morgan fingerprint density at radius 1 is 1.33 bits per heavy atom. The van der Waals surface area contributed by atoms with E-state index in [1.165, 1.54) is 5.56 Å². The van der Waals surface area contributed by atoms with Gasteiger partial charge in [-0.15, -0.1) is 0 Å². The van der Waals surface area contributed by atoms with Crippen molar-refractivity contribution in [2.24, 2.45) is 0 Å². The van der Waals surface area contributed by atoms with Crippen molar-refractivity contribution in [3.05, 3.63) is 59.4 Å². The van der Waals surface area contributed by atoms with Crippen LogP contribution in [0.25, 0.3) is 0 Å². The van der Waals surface area contributed by atoms with Crippen molar-refractivity contribution in [2.45, 2.75) is 19.5 Å². The van der Waals surface area contributed by atoms with Crippen LogP contribution in [0.3, 0.4) is 0 Å². The highest BCUT2D eigenvalue weighted by Gasteiger charge is 2.19. The van der Waals surface area contributed by atoms with Gasteiger partial charge >= 0.3 is 5.97 Å². The largest absolute Gasteiger partial charge is 0.480 e. The van der Waals surface area contributed by atoms with Gasteiger partial charge in [0.05, 0.1) is 0 Å². The van der Waals surface area contributed by atoms with Gasteiger partial charge in [-0.2, -0.15) is 0 Å². The maximum Gasteiger partial charge on any atom is 0.326 e. The lowest BCUT2D eigenvalue weighted by atomic mass is 10.1. The van der Waals surface area contributed by atoms with Gasteiger partial charge in [0.25, 0.3) is 0 Å². The fourth-order valence-corrected chi connectivity index (χ4v) is 1.78. The second-order valence-electron chi connectivity index (χ2n) is 4.26. The number of aromatic nitrogens is 1. The summed E-state index contributed by atoms with van der Waals surface area (Å²) in [6.07, 6.45) is 1.72. The Morgan fingerprint density at radius 2 is 2.06 bits per heavy atom. The molecule has 0 bridgehead atoms. The maximum absolute atomic E-state index is 11.2. The highest BCUT2D eigenvalue weighted by atomic mass is 16.4. The Morgan fingerprint density at radius 3 is 2.61 bits per heavy atom. The summed E-state index contributed by atoms with van der Waals surface area (Å²) in [6.45, 7) is 2.55. The zero-order valence-electron chi connectivity index (χ0n) is 10.2. The van der Waals surface area contributed by atoms with E-state index in [0.717, 1.165) is 5.56 Å². The lowest BCUT2D eigenvalue weighted by Crippen LogP contribution is -2.28. The molecule has 1 unspecified atom stereocenters. The molecule has 2 aromatic rings. The number of aliphatic carboxylic acids is 1. The fourth-order valence-electron chi connectivity index (χ4n) is 1.78. The molecule has 0 aliphatic rings. The minimum Gasteiger partial charge on any atom is -0.480 e. The molecule has 3 N–H and O–H groups in total. The molecule has 0 saturated carbocycles. The molecule has 94 valence electrons. The molecule has 0 saturated heterocycles. The molecule has 2 rings (SSSR count). The summed E-state index contributed by atoms with van der Waals surface area (Å²) in [6, 6.07) is 10.9. The number of hydrogen-bond donors (Lipinski definition) is 3. The summed E-state index contributed by atoms with van der Waals surface area (Å²) in [7, 11) is 0. The Hall–Kier alpha value is -2.07. The fraction of sp³-hybridized carbons (Fsp3) is 0.214. The van der Waals surface area contributed by atoms with E-state index < -0.39 is 12.0 Å². The summed E-state index contributed by atoms with van der Waals surface area (Å²) in [5, 5.41) is 12.2. The first-order valence-corrected chi connectivity index (χ1v) is 5.82. The van der Waals surface area contributed by atoms with E-state index in [-0.39, 0.29) is 0 Å². The molecule has 0 spiro atoms. The number of hydrogen-bond acceptors (Lipinski definition) is 2. The monoisotopic (exact) mass is 244 g/mol. The van der Waals surface area contributed by atoms with Crippen molar-refractivity contribution in [1.29, 1.82) is 0 Å². The van der Waals surface area contributed by atoms with Gasteiger partial charge in [0.15, 0.2) is 0 Å². The smallest absolute Gasteiger partial charge is 0.326 e. The number of benzene rings is 1. The minimum absolute atomic E-state index is 0.524. The predicted molar refractivity (Wildman–Crippen MR) is 69.2 cm³/mol. The number of rotatable bonds is 5. The molecule has 0 amide bonds. The van der Waals surface area contributed by atoms with Crippen molar-refractivity contribution in [3.8, 4) is 0 Å². The van der Waals surface area contributed by atoms with Crippen molar-refractivity contribution in [3.63, 3.8) is 0 Å². The molecule has 1 aromatic heterocycles. The van der Waals surface area contributed by atoms with E-state index in [2.05, 4.69) is 10.3 Å². The molecular formula is C14H16N2O2. The predicted octanol–water partition coefficient (Wildman–Crippen LogP) is 2.24. The summed E-state index contributed by atoms with van der Waals surface area (Å²) in [5.74, 6) is -0.885. The lowest BCUT2D eigenvalue weighted by molar-refractivity contribution is -0.139. The van der Waals surface area contributed by atoms with Crippen LogP contribution in [0.5, 0.6) is 0 Å². The lowest BCUT2D eigenvalue weighted by Gasteiger charge is -2.13. The van der Waals surface area contributed by atoms with Gasteiger partial charge in [0.1, 0.15) is 6.04 Å². The van der Waals surface area contributed by atoms with Crippen LogP contribution < -0.4 is 5.32 Å². The molecule has 0 fully saturated rings. The SMILES string of the molecule is Cc1ccc(CNC(C(=O)O)c2ccc[nH]2)cc1. The van der Waals surface area contributed by atoms with E-state index in [0.29, 0.717) is 12.2 Å². The molecule has 18 heavy (non-hydrogen) atoms. The first-order valence-electron chi connectivity index (χ1n) is 5.82. The van der Waals surface area contributed by atoms with Crippen LogP contribution in [0, 0.1) is 6.92 Å². The maximum atomic E-state index is 11.2. The molecule has 1 aromatic carbocycles. The van der Waals surface area contributed by atoms with E-state index in [9.17, 15) is 9.90 Å². The van der Waals surface area contributed by atoms with Crippen molar-refractivity contribution in [1.82, 2.24) is 10.3 Å². The Kier molecular flexibility index (Phi) is 3.79. The molecular weight excluding hydrogens is 228 g/mol. The van der Waals surface area contributed by atoms with Gasteiger partial charge in [-0.1, -0.05) is 29.8 Å². The van der Waals surface area contributed by atoms with Crippen molar-refractivity contribution < 1.29 is 9.90 Å². The van der Waals surface area contributed by atoms with Crippen LogP contribution in [-0.4, -0.2) is 16.1 Å². The molecule has 0 aliphatic carbocycles. The first kappa shape index (κ1) is 12.4. The quantitative estimate of drug-likeness (QED) is 0.755. The van der Waals surface area contributed by atoms with E-state index >= 15 is 0 Å². The summed E-state index contributed by atoms with van der Waals surface area (Å²) >= 11 is 0. The summed E-state index contributed by atoms with van der Waals surface area (Å²) in [4.78, 5) is 14.1. The highest BCUT2D eigenvalue weighted by molar-refractivity contribution is 5.74. The van der Waals surface area contributed by atoms with Crippen LogP contribution in [0.4, 0.5) is 0 Å². The second-order valence-corrected chi connectivity index (χ2v) is 4.26. The Balaban J connectivity index is 2.02. The van der Waals surface area contributed by atoms with Crippen molar-refractivity contribution in [2.75, 3.05) is 0 Å². The second kappa shape index (κ2) is 5.51. The number of carboxylic acids is 1. The third-order valence-corrected chi connectivity index (χ3v) is 2.81. The first-order chi connectivity index (χ1) is 8.66. The van der Waals surface area contributed by atoms with Gasteiger partial charge in [-0.05, 0) is 24.6 Å². The van der Waals surface area contributed by atoms with Gasteiger partial charge in [-0.25, -0.2) is 0 Å². The molecule has 4 nitrogen and oxygen atoms in total. The van der Waals surface area contributed by atoms with Gasteiger partial charge in [0, 0.05) is 18.4 Å². The zero-order valence-corrected chi connectivity index (χ0v) is 10.2. The topological polar surface area (TPSA) is 65.1 Å². The average molecular weight is 244 g/mol.